The van der Waals surface area contributed by atoms with Crippen LogP contribution in [0.5, 0.6) is 0 Å². The van der Waals surface area contributed by atoms with Gasteiger partial charge in [0.25, 0.3) is 0 Å². The molecule has 32 heavy (non-hydrogen) atoms. The van der Waals surface area contributed by atoms with Gasteiger partial charge < -0.3 is 24.8 Å². The molecule has 166 valence electrons. The zero-order chi connectivity index (χ0) is 22.7. The number of likely N-dealkylation sites (tertiary alicyclic amines) is 1. The highest BCUT2D eigenvalue weighted by Crippen LogP contribution is 2.44. The lowest BCUT2D eigenvalue weighted by molar-refractivity contribution is -0.144. The minimum Gasteiger partial charge on any atom is -0.479 e. The molecule has 8 nitrogen and oxygen atoms in total. The van der Waals surface area contributed by atoms with Crippen molar-refractivity contribution in [1.29, 1.82) is 0 Å². The van der Waals surface area contributed by atoms with Gasteiger partial charge in [-0.25, -0.2) is 14.4 Å². The van der Waals surface area contributed by atoms with E-state index in [0.717, 1.165) is 22.3 Å². The van der Waals surface area contributed by atoms with Crippen molar-refractivity contribution >= 4 is 18.2 Å². The van der Waals surface area contributed by atoms with Crippen molar-refractivity contribution in [2.75, 3.05) is 26.3 Å². The number of carboxylic acids is 1. The maximum atomic E-state index is 12.6. The van der Waals surface area contributed by atoms with Gasteiger partial charge in [0, 0.05) is 18.9 Å². The van der Waals surface area contributed by atoms with Gasteiger partial charge in [0.05, 0.1) is 6.54 Å². The number of nitrogens with one attached hydrogen (secondary N) is 1. The first-order valence-electron chi connectivity index (χ1n) is 10.3. The highest BCUT2D eigenvalue weighted by molar-refractivity contribution is 5.86. The van der Waals surface area contributed by atoms with E-state index in [0.29, 0.717) is 0 Å². The van der Waals surface area contributed by atoms with Gasteiger partial charge in [-0.05, 0) is 22.3 Å². The Morgan fingerprint density at radius 2 is 1.72 bits per heavy atom. The summed E-state index contributed by atoms with van der Waals surface area (Å²) in [6.45, 7) is 3.51. The number of carbonyl (C=O) groups is 3. The third-order valence-electron chi connectivity index (χ3n) is 5.95. The van der Waals surface area contributed by atoms with Gasteiger partial charge in [-0.2, -0.15) is 0 Å². The standard InChI is InChI=1S/C24H24N2O6/c1-2-13-31-23(30)26-12-11-24(15-26,21(27)28)25-22(29)32-14-20-18-9-5-3-7-16(18)17-8-4-6-10-19(17)20/h2-10,20H,1,11-15H2,(H,25,29)(H,27,28). The van der Waals surface area contributed by atoms with E-state index >= 15 is 0 Å². The number of hydrogen-bond acceptors (Lipinski definition) is 5. The number of amides is 2. The van der Waals surface area contributed by atoms with Crippen LogP contribution in [0.25, 0.3) is 11.1 Å². The molecule has 1 fully saturated rings. The topological polar surface area (TPSA) is 105 Å². The molecule has 4 rings (SSSR count). The van der Waals surface area contributed by atoms with Crippen LogP contribution in [0, 0.1) is 0 Å². The first-order chi connectivity index (χ1) is 15.4. The number of fused-ring (bicyclic) bond motifs is 3. The number of aliphatic carboxylic acids is 1. The minimum atomic E-state index is -1.63. The van der Waals surface area contributed by atoms with Crippen LogP contribution in [-0.4, -0.2) is 60.0 Å². The molecule has 2 aliphatic rings. The molecule has 0 saturated carbocycles. The average Bonchev–Trinajstić information content (AvgIpc) is 3.37. The number of carbonyl (C=O) groups excluding carboxylic acids is 2. The van der Waals surface area contributed by atoms with Crippen molar-refractivity contribution in [3.05, 3.63) is 72.3 Å². The SMILES string of the molecule is C=CCOC(=O)N1CCC(NC(=O)OCC2c3ccccc3-c3ccccc32)(C(=O)O)C1. The molecule has 2 N–H and O–H groups in total. The van der Waals surface area contributed by atoms with Crippen LogP contribution in [0.3, 0.4) is 0 Å². The second-order valence-corrected chi connectivity index (χ2v) is 7.87. The molecule has 2 aromatic carbocycles. The lowest BCUT2D eigenvalue weighted by Crippen LogP contribution is -2.56. The van der Waals surface area contributed by atoms with Crippen molar-refractivity contribution in [2.45, 2.75) is 17.9 Å². The fraction of sp³-hybridized carbons (Fsp3) is 0.292. The normalized spacial score (nSPS) is 19.1. The first-order valence-corrected chi connectivity index (χ1v) is 10.3. The van der Waals surface area contributed by atoms with Crippen molar-refractivity contribution in [3.63, 3.8) is 0 Å². The van der Waals surface area contributed by atoms with E-state index in [1.165, 1.54) is 11.0 Å². The summed E-state index contributed by atoms with van der Waals surface area (Å²) in [5.74, 6) is -1.37. The third kappa shape index (κ3) is 3.91. The molecule has 1 heterocycles. The molecular weight excluding hydrogens is 412 g/mol. The molecule has 0 spiro atoms. The molecule has 1 atom stereocenters. The van der Waals surface area contributed by atoms with Crippen molar-refractivity contribution < 1.29 is 29.0 Å². The third-order valence-corrected chi connectivity index (χ3v) is 5.95. The summed E-state index contributed by atoms with van der Waals surface area (Å²) in [6.07, 6.45) is -0.0128. The Morgan fingerprint density at radius 1 is 1.09 bits per heavy atom. The summed E-state index contributed by atoms with van der Waals surface area (Å²) < 4.78 is 10.4. The van der Waals surface area contributed by atoms with E-state index < -0.39 is 23.7 Å². The van der Waals surface area contributed by atoms with Gasteiger partial charge in [0.2, 0.25) is 0 Å². The molecule has 2 amide bonds. The molecule has 1 aliphatic carbocycles. The number of alkyl carbamates (subject to hydrolysis) is 1. The largest absolute Gasteiger partial charge is 0.479 e. The lowest BCUT2D eigenvalue weighted by atomic mass is 9.98. The maximum absolute atomic E-state index is 12.6. The Balaban J connectivity index is 1.43. The van der Waals surface area contributed by atoms with Crippen molar-refractivity contribution in [3.8, 4) is 11.1 Å². The predicted octanol–water partition coefficient (Wildman–Crippen LogP) is 3.38. The summed E-state index contributed by atoms with van der Waals surface area (Å²) >= 11 is 0. The first kappa shape index (κ1) is 21.4. The summed E-state index contributed by atoms with van der Waals surface area (Å²) in [7, 11) is 0. The van der Waals surface area contributed by atoms with Crippen molar-refractivity contribution in [1.82, 2.24) is 10.2 Å². The molecule has 0 radical (unpaired) electrons. The lowest BCUT2D eigenvalue weighted by Gasteiger charge is -2.26. The van der Waals surface area contributed by atoms with Crippen LogP contribution in [0.4, 0.5) is 9.59 Å². The highest BCUT2D eigenvalue weighted by Gasteiger charge is 2.48. The summed E-state index contributed by atoms with van der Waals surface area (Å²) in [5, 5.41) is 12.2. The summed E-state index contributed by atoms with van der Waals surface area (Å²) in [4.78, 5) is 37.9. The second-order valence-electron chi connectivity index (χ2n) is 7.87. The van der Waals surface area contributed by atoms with Crippen LogP contribution in [0.1, 0.15) is 23.5 Å². The Morgan fingerprint density at radius 3 is 2.31 bits per heavy atom. The van der Waals surface area contributed by atoms with Crippen molar-refractivity contribution in [2.24, 2.45) is 0 Å². The fourth-order valence-electron chi connectivity index (χ4n) is 4.35. The number of rotatable bonds is 6. The van der Waals surface area contributed by atoms with E-state index in [4.69, 9.17) is 9.47 Å². The van der Waals surface area contributed by atoms with E-state index in [1.54, 1.807) is 0 Å². The van der Waals surface area contributed by atoms with Gasteiger partial charge in [-0.1, -0.05) is 61.2 Å². The van der Waals surface area contributed by atoms with Gasteiger partial charge in [0.15, 0.2) is 5.54 Å². The number of benzene rings is 2. The molecule has 1 aliphatic heterocycles. The van der Waals surface area contributed by atoms with Gasteiger partial charge in [0.1, 0.15) is 13.2 Å². The summed E-state index contributed by atoms with van der Waals surface area (Å²) in [5.41, 5.74) is 2.69. The molecule has 1 unspecified atom stereocenters. The van der Waals surface area contributed by atoms with E-state index in [2.05, 4.69) is 11.9 Å². The number of nitrogens with zero attached hydrogens (tertiary/aromatic N) is 1. The van der Waals surface area contributed by atoms with E-state index in [-0.39, 0.29) is 38.6 Å². The van der Waals surface area contributed by atoms with Crippen LogP contribution in [0.2, 0.25) is 0 Å². The van der Waals surface area contributed by atoms with E-state index in [9.17, 15) is 19.5 Å². The molecule has 8 heteroatoms. The number of carboxylic acid groups (broad SMARTS) is 1. The Kier molecular flexibility index (Phi) is 5.85. The smallest absolute Gasteiger partial charge is 0.410 e. The summed E-state index contributed by atoms with van der Waals surface area (Å²) in [6, 6.07) is 15.9. The van der Waals surface area contributed by atoms with E-state index in [1.807, 2.05) is 48.5 Å². The predicted molar refractivity (Wildman–Crippen MR) is 116 cm³/mol. The van der Waals surface area contributed by atoms with Gasteiger partial charge in [-0.3, -0.25) is 0 Å². The molecular formula is C24H24N2O6. The molecule has 2 aromatic rings. The quantitative estimate of drug-likeness (QED) is 0.673. The second kappa shape index (κ2) is 8.74. The number of ether oxygens (including phenoxy) is 2. The van der Waals surface area contributed by atoms with Crippen LogP contribution < -0.4 is 5.32 Å². The van der Waals surface area contributed by atoms with Crippen LogP contribution in [0.15, 0.2) is 61.2 Å². The molecule has 0 bridgehead atoms. The Bertz CT molecular complexity index is 1020. The number of hydrogen-bond donors (Lipinski definition) is 2. The maximum Gasteiger partial charge on any atom is 0.410 e. The van der Waals surface area contributed by atoms with Gasteiger partial charge >= 0.3 is 18.2 Å². The molecule has 0 aromatic heterocycles. The zero-order valence-electron chi connectivity index (χ0n) is 17.5. The fourth-order valence-corrected chi connectivity index (χ4v) is 4.35. The van der Waals surface area contributed by atoms with Crippen LogP contribution >= 0.6 is 0 Å². The van der Waals surface area contributed by atoms with Gasteiger partial charge in [-0.15, -0.1) is 0 Å². The highest BCUT2D eigenvalue weighted by atomic mass is 16.6. The molecule has 1 saturated heterocycles. The minimum absolute atomic E-state index is 0.0230. The Labute approximate surface area is 185 Å². The zero-order valence-corrected chi connectivity index (χ0v) is 17.5. The Hall–Kier alpha value is -3.81. The monoisotopic (exact) mass is 436 g/mol. The van der Waals surface area contributed by atoms with Crippen LogP contribution in [-0.2, 0) is 14.3 Å². The average molecular weight is 436 g/mol.